The van der Waals surface area contributed by atoms with Gasteiger partial charge in [0.15, 0.2) is 0 Å². The number of carbonyl (C=O) groups is 1. The first kappa shape index (κ1) is 9.61. The Hall–Kier alpha value is 0.360. The average Bonchev–Trinajstić information content (AvgIpc) is 1.38. The van der Waals surface area contributed by atoms with E-state index in [2.05, 4.69) is 0 Å². The van der Waals surface area contributed by atoms with Gasteiger partial charge in [-0.3, -0.25) is 4.79 Å². The molecule has 0 aliphatic heterocycles. The number of hydrogen-bond acceptors (Lipinski definition) is 2. The van der Waals surface area contributed by atoms with Gasteiger partial charge in [-0.2, -0.15) is 0 Å². The highest BCUT2D eigenvalue weighted by molar-refractivity contribution is 14.0. The predicted octanol–water partition coefficient (Wildman–Crippen LogP) is 0.152. The molecule has 0 aromatic heterocycles. The van der Waals surface area contributed by atoms with Gasteiger partial charge in [-0.1, -0.05) is 0 Å². The summed E-state index contributed by atoms with van der Waals surface area (Å²) in [6.07, 6.45) is 0. The number of Topliss-reactive ketones (excluding diaryl/α,β-unsaturated/α-hetero) is 1. The minimum Gasteiger partial charge on any atom is -0.324 e. The molecule has 0 radical (unpaired) electrons. The molecule has 6 heavy (non-hydrogen) atoms. The van der Waals surface area contributed by atoms with Crippen molar-refractivity contribution >= 4 is 29.8 Å². The van der Waals surface area contributed by atoms with E-state index in [0.717, 1.165) is 0 Å². The van der Waals surface area contributed by atoms with Crippen LogP contribution in [0.3, 0.4) is 0 Å². The van der Waals surface area contributed by atoms with Gasteiger partial charge < -0.3 is 5.73 Å². The van der Waals surface area contributed by atoms with Crippen molar-refractivity contribution in [3.63, 3.8) is 0 Å². The summed E-state index contributed by atoms with van der Waals surface area (Å²) >= 11 is 0. The van der Waals surface area contributed by atoms with E-state index in [0.29, 0.717) is 0 Å². The van der Waals surface area contributed by atoms with Crippen LogP contribution in [0.1, 0.15) is 6.92 Å². The standard InChI is InChI=1S/C3H7NO.HI/c1-3(5)2-4;/h2,4H2,1H3;1H. The SMILES string of the molecule is CC(=O)CN.I. The van der Waals surface area contributed by atoms with E-state index in [9.17, 15) is 4.79 Å². The summed E-state index contributed by atoms with van der Waals surface area (Å²) in [4.78, 5) is 9.69. The molecule has 2 N–H and O–H groups in total. The number of ketones is 1. The highest BCUT2D eigenvalue weighted by Gasteiger charge is 1.76. The van der Waals surface area contributed by atoms with Gasteiger partial charge in [-0.15, -0.1) is 24.0 Å². The highest BCUT2D eigenvalue weighted by Crippen LogP contribution is 1.51. The predicted molar refractivity (Wildman–Crippen MR) is 35.2 cm³/mol. The summed E-state index contributed by atoms with van der Waals surface area (Å²) in [5, 5.41) is 0. The molecule has 0 heterocycles. The zero-order chi connectivity index (χ0) is 4.28. The van der Waals surface area contributed by atoms with E-state index >= 15 is 0 Å². The van der Waals surface area contributed by atoms with Crippen LogP contribution in [0.4, 0.5) is 0 Å². The lowest BCUT2D eigenvalue weighted by atomic mass is 10.5. The molecule has 0 aliphatic rings. The van der Waals surface area contributed by atoms with Crippen LogP contribution in [-0.2, 0) is 4.79 Å². The molecule has 0 saturated carbocycles. The van der Waals surface area contributed by atoms with Crippen molar-refractivity contribution in [2.24, 2.45) is 5.73 Å². The Balaban J connectivity index is 0. The van der Waals surface area contributed by atoms with Crippen molar-refractivity contribution < 1.29 is 4.79 Å². The van der Waals surface area contributed by atoms with Crippen LogP contribution in [0, 0.1) is 0 Å². The van der Waals surface area contributed by atoms with Crippen LogP contribution in [0.5, 0.6) is 0 Å². The van der Waals surface area contributed by atoms with Gasteiger partial charge in [-0.25, -0.2) is 0 Å². The monoisotopic (exact) mass is 201 g/mol. The van der Waals surface area contributed by atoms with Crippen molar-refractivity contribution in [3.05, 3.63) is 0 Å². The van der Waals surface area contributed by atoms with Gasteiger partial charge in [0.05, 0.1) is 6.54 Å². The average molecular weight is 201 g/mol. The molecule has 0 aromatic rings. The fourth-order valence-corrected chi connectivity index (χ4v) is 0. The summed E-state index contributed by atoms with van der Waals surface area (Å²) in [6, 6.07) is 0. The van der Waals surface area contributed by atoms with Gasteiger partial charge in [-0.05, 0) is 6.92 Å². The Morgan fingerprint density at radius 2 is 2.00 bits per heavy atom. The highest BCUT2D eigenvalue weighted by atomic mass is 127. The quantitative estimate of drug-likeness (QED) is 0.613. The number of halogens is 1. The first-order chi connectivity index (χ1) is 2.27. The van der Waals surface area contributed by atoms with Crippen molar-refractivity contribution in [3.8, 4) is 0 Å². The smallest absolute Gasteiger partial charge is 0.143 e. The first-order valence-corrected chi connectivity index (χ1v) is 1.47. The normalized spacial score (nSPS) is 6.33. The van der Waals surface area contributed by atoms with Gasteiger partial charge in [0.2, 0.25) is 0 Å². The Bertz CT molecular complexity index is 46.1. The third-order valence-electron chi connectivity index (χ3n) is 0.287. The van der Waals surface area contributed by atoms with Crippen LogP contribution in [-0.4, -0.2) is 12.3 Å². The molecule has 0 unspecified atom stereocenters. The van der Waals surface area contributed by atoms with E-state index in [1.165, 1.54) is 6.92 Å². The summed E-state index contributed by atoms with van der Waals surface area (Å²) < 4.78 is 0. The molecule has 0 aliphatic carbocycles. The lowest BCUT2D eigenvalue weighted by Gasteiger charge is -1.73. The van der Waals surface area contributed by atoms with Crippen molar-refractivity contribution in [2.45, 2.75) is 6.92 Å². The van der Waals surface area contributed by atoms with E-state index in [-0.39, 0.29) is 36.3 Å². The maximum Gasteiger partial charge on any atom is 0.143 e. The van der Waals surface area contributed by atoms with Crippen LogP contribution in [0.25, 0.3) is 0 Å². The molecule has 0 atom stereocenters. The molecule has 0 saturated heterocycles. The maximum absolute atomic E-state index is 9.69. The lowest BCUT2D eigenvalue weighted by Crippen LogP contribution is -2.07. The number of hydrogen-bond donors (Lipinski definition) is 1. The molecular weight excluding hydrogens is 193 g/mol. The minimum atomic E-state index is 0. The van der Waals surface area contributed by atoms with Gasteiger partial charge in [0, 0.05) is 0 Å². The second-order valence-corrected chi connectivity index (χ2v) is 0.906. The second-order valence-electron chi connectivity index (χ2n) is 0.906. The van der Waals surface area contributed by atoms with Crippen LogP contribution >= 0.6 is 24.0 Å². The maximum atomic E-state index is 9.69. The Kier molecular flexibility index (Phi) is 8.59. The van der Waals surface area contributed by atoms with Gasteiger partial charge in [0.25, 0.3) is 0 Å². The van der Waals surface area contributed by atoms with Crippen LogP contribution in [0.2, 0.25) is 0 Å². The van der Waals surface area contributed by atoms with Crippen molar-refractivity contribution in [1.29, 1.82) is 0 Å². The van der Waals surface area contributed by atoms with Crippen molar-refractivity contribution in [1.82, 2.24) is 0 Å². The molecule has 0 spiro atoms. The second kappa shape index (κ2) is 5.36. The van der Waals surface area contributed by atoms with E-state index in [1.54, 1.807) is 0 Å². The molecule has 0 amide bonds. The summed E-state index contributed by atoms with van der Waals surface area (Å²) in [5.41, 5.74) is 4.82. The van der Waals surface area contributed by atoms with Gasteiger partial charge >= 0.3 is 0 Å². The summed E-state index contributed by atoms with van der Waals surface area (Å²) in [5.74, 6) is 0.0324. The van der Waals surface area contributed by atoms with E-state index in [1.807, 2.05) is 0 Å². The number of rotatable bonds is 1. The Labute approximate surface area is 54.1 Å². The zero-order valence-electron chi connectivity index (χ0n) is 3.60. The Morgan fingerprint density at radius 3 is 2.00 bits per heavy atom. The Morgan fingerprint density at radius 1 is 1.83 bits per heavy atom. The van der Waals surface area contributed by atoms with Crippen molar-refractivity contribution in [2.75, 3.05) is 6.54 Å². The third kappa shape index (κ3) is 8.84. The summed E-state index contributed by atoms with van der Waals surface area (Å²) in [6.45, 7) is 1.62. The molecule has 0 aromatic carbocycles. The number of nitrogens with two attached hydrogens (primary N) is 1. The summed E-state index contributed by atoms with van der Waals surface area (Å²) in [7, 11) is 0. The first-order valence-electron chi connectivity index (χ1n) is 1.47. The van der Waals surface area contributed by atoms with Crippen LogP contribution in [0.15, 0.2) is 0 Å². The molecule has 2 nitrogen and oxygen atoms in total. The lowest BCUT2D eigenvalue weighted by molar-refractivity contribution is -0.115. The molecule has 38 valence electrons. The number of carbonyl (C=O) groups excluding carboxylic acids is 1. The minimum absolute atomic E-state index is 0. The fraction of sp³-hybridized carbons (Fsp3) is 0.667. The third-order valence-corrected chi connectivity index (χ3v) is 0.287. The fourth-order valence-electron chi connectivity index (χ4n) is 0. The van der Waals surface area contributed by atoms with E-state index < -0.39 is 0 Å². The topological polar surface area (TPSA) is 43.1 Å². The molecule has 0 bridgehead atoms. The van der Waals surface area contributed by atoms with Gasteiger partial charge in [0.1, 0.15) is 5.78 Å². The van der Waals surface area contributed by atoms with E-state index in [4.69, 9.17) is 5.73 Å². The zero-order valence-corrected chi connectivity index (χ0v) is 5.93. The van der Waals surface area contributed by atoms with Crippen LogP contribution < -0.4 is 5.73 Å². The largest absolute Gasteiger partial charge is 0.324 e. The molecule has 3 heteroatoms. The molecular formula is C3H8INO. The molecule has 0 fully saturated rings. The molecule has 0 rings (SSSR count).